The molecule has 1 atom stereocenters. The van der Waals surface area contributed by atoms with Crippen LogP contribution in [-0.4, -0.2) is 23.1 Å². The normalized spacial score (nSPS) is 12.1. The number of carboxylic acids is 1. The van der Waals surface area contributed by atoms with Gasteiger partial charge in [-0.15, -0.1) is 0 Å². The molecule has 15 heavy (non-hydrogen) atoms. The van der Waals surface area contributed by atoms with E-state index in [2.05, 4.69) is 6.92 Å². The maximum absolute atomic E-state index is 11.2. The Kier molecular flexibility index (Phi) is 7.68. The van der Waals surface area contributed by atoms with Crippen LogP contribution in [0.25, 0.3) is 0 Å². The zero-order chi connectivity index (χ0) is 11.7. The molecule has 0 aromatic heterocycles. The molecule has 0 aliphatic heterocycles. The van der Waals surface area contributed by atoms with Crippen LogP contribution in [-0.2, 0) is 14.3 Å². The number of carbonyl (C=O) groups excluding carboxylic acids is 1. The maximum atomic E-state index is 11.2. The Balaban J connectivity index is 3.50. The minimum absolute atomic E-state index is 0.0262. The van der Waals surface area contributed by atoms with Gasteiger partial charge in [0.2, 0.25) is 0 Å². The average Bonchev–Trinajstić information content (AvgIpc) is 2.14. The van der Waals surface area contributed by atoms with Crippen molar-refractivity contribution in [3.63, 3.8) is 0 Å². The molecule has 0 bridgehead atoms. The third-order valence-electron chi connectivity index (χ3n) is 2.07. The molecule has 0 heterocycles. The Morgan fingerprint density at radius 2 is 1.93 bits per heavy atom. The van der Waals surface area contributed by atoms with Gasteiger partial charge in [-0.25, -0.2) is 0 Å². The van der Waals surface area contributed by atoms with Gasteiger partial charge in [-0.2, -0.15) is 0 Å². The number of carbonyl (C=O) groups is 2. The zero-order valence-electron chi connectivity index (χ0n) is 9.49. The van der Waals surface area contributed by atoms with Gasteiger partial charge < -0.3 is 9.84 Å². The average molecular weight is 216 g/mol. The number of esters is 1. The first-order valence-electron chi connectivity index (χ1n) is 5.47. The number of rotatable bonds is 8. The minimum Gasteiger partial charge on any atom is -0.481 e. The van der Waals surface area contributed by atoms with Crippen LogP contribution >= 0.6 is 0 Å². The molecule has 0 aliphatic carbocycles. The molecule has 0 fully saturated rings. The fourth-order valence-corrected chi connectivity index (χ4v) is 1.22. The van der Waals surface area contributed by atoms with Crippen LogP contribution < -0.4 is 0 Å². The second-order valence-corrected chi connectivity index (χ2v) is 3.69. The molecule has 0 aromatic rings. The van der Waals surface area contributed by atoms with Gasteiger partial charge >= 0.3 is 11.9 Å². The number of carboxylic acid groups (broad SMARTS) is 1. The van der Waals surface area contributed by atoms with Crippen molar-refractivity contribution in [2.45, 2.75) is 58.5 Å². The summed E-state index contributed by atoms with van der Waals surface area (Å²) >= 11 is 0. The minimum atomic E-state index is -0.873. The van der Waals surface area contributed by atoms with E-state index in [9.17, 15) is 9.59 Å². The van der Waals surface area contributed by atoms with Crippen LogP contribution in [0.15, 0.2) is 0 Å². The molecule has 0 rings (SSSR count). The standard InChI is InChI=1S/C11H20O4/c1-3-4-6-9(2)15-11(14)8-5-7-10(12)13/h9H,3-8H2,1-2H3,(H,12,13). The van der Waals surface area contributed by atoms with E-state index >= 15 is 0 Å². The predicted molar refractivity (Wildman–Crippen MR) is 56.6 cm³/mol. The van der Waals surface area contributed by atoms with Crippen molar-refractivity contribution in [1.29, 1.82) is 0 Å². The van der Waals surface area contributed by atoms with Gasteiger partial charge in [0.05, 0.1) is 6.10 Å². The Morgan fingerprint density at radius 3 is 2.47 bits per heavy atom. The van der Waals surface area contributed by atoms with Crippen LogP contribution in [0.2, 0.25) is 0 Å². The molecule has 0 aromatic carbocycles. The smallest absolute Gasteiger partial charge is 0.306 e. The van der Waals surface area contributed by atoms with Crippen molar-refractivity contribution in [1.82, 2.24) is 0 Å². The molecule has 0 spiro atoms. The van der Waals surface area contributed by atoms with Gasteiger partial charge in [0.25, 0.3) is 0 Å². The summed E-state index contributed by atoms with van der Waals surface area (Å²) in [5.74, 6) is -1.17. The number of aliphatic carboxylic acids is 1. The fourth-order valence-electron chi connectivity index (χ4n) is 1.22. The van der Waals surface area contributed by atoms with E-state index in [0.717, 1.165) is 19.3 Å². The summed E-state index contributed by atoms with van der Waals surface area (Å²) < 4.78 is 5.10. The van der Waals surface area contributed by atoms with Crippen molar-refractivity contribution in [3.05, 3.63) is 0 Å². The van der Waals surface area contributed by atoms with Crippen LogP contribution in [0, 0.1) is 0 Å². The quantitative estimate of drug-likeness (QED) is 0.632. The van der Waals surface area contributed by atoms with E-state index in [-0.39, 0.29) is 24.9 Å². The monoisotopic (exact) mass is 216 g/mol. The van der Waals surface area contributed by atoms with E-state index in [4.69, 9.17) is 9.84 Å². The highest BCUT2D eigenvalue weighted by atomic mass is 16.5. The van der Waals surface area contributed by atoms with Crippen LogP contribution in [0.5, 0.6) is 0 Å². The molecule has 4 nitrogen and oxygen atoms in total. The molecule has 0 aliphatic rings. The van der Waals surface area contributed by atoms with Gasteiger partial charge in [-0.3, -0.25) is 9.59 Å². The van der Waals surface area contributed by atoms with Crippen molar-refractivity contribution in [3.8, 4) is 0 Å². The van der Waals surface area contributed by atoms with Crippen molar-refractivity contribution >= 4 is 11.9 Å². The Bertz CT molecular complexity index is 201. The van der Waals surface area contributed by atoms with E-state index in [1.54, 1.807) is 0 Å². The lowest BCUT2D eigenvalue weighted by atomic mass is 10.2. The number of ether oxygens (including phenoxy) is 1. The van der Waals surface area contributed by atoms with E-state index in [1.165, 1.54) is 0 Å². The Hall–Kier alpha value is -1.06. The second-order valence-electron chi connectivity index (χ2n) is 3.69. The first kappa shape index (κ1) is 13.9. The van der Waals surface area contributed by atoms with Crippen LogP contribution in [0.4, 0.5) is 0 Å². The van der Waals surface area contributed by atoms with Gasteiger partial charge in [0, 0.05) is 12.8 Å². The summed E-state index contributed by atoms with van der Waals surface area (Å²) in [5.41, 5.74) is 0. The summed E-state index contributed by atoms with van der Waals surface area (Å²) in [6, 6.07) is 0. The van der Waals surface area contributed by atoms with Gasteiger partial charge in [-0.1, -0.05) is 19.8 Å². The first-order valence-corrected chi connectivity index (χ1v) is 5.47. The molecule has 0 radical (unpaired) electrons. The third kappa shape index (κ3) is 9.25. The lowest BCUT2D eigenvalue weighted by Crippen LogP contribution is -2.14. The van der Waals surface area contributed by atoms with Crippen molar-refractivity contribution in [2.24, 2.45) is 0 Å². The lowest BCUT2D eigenvalue weighted by molar-refractivity contribution is -0.148. The van der Waals surface area contributed by atoms with E-state index in [1.807, 2.05) is 6.92 Å². The highest BCUT2D eigenvalue weighted by Gasteiger charge is 2.09. The number of unbranched alkanes of at least 4 members (excludes halogenated alkanes) is 1. The Labute approximate surface area is 90.6 Å². The molecule has 1 N–H and O–H groups in total. The lowest BCUT2D eigenvalue weighted by Gasteiger charge is -2.12. The van der Waals surface area contributed by atoms with Crippen LogP contribution in [0.1, 0.15) is 52.4 Å². The molecular formula is C11H20O4. The molecular weight excluding hydrogens is 196 g/mol. The summed E-state index contributed by atoms with van der Waals surface area (Å²) in [7, 11) is 0. The molecule has 0 saturated carbocycles. The molecule has 4 heteroatoms. The maximum Gasteiger partial charge on any atom is 0.306 e. The predicted octanol–water partition coefficient (Wildman–Crippen LogP) is 2.36. The largest absolute Gasteiger partial charge is 0.481 e. The van der Waals surface area contributed by atoms with E-state index in [0.29, 0.717) is 6.42 Å². The highest BCUT2D eigenvalue weighted by Crippen LogP contribution is 2.06. The van der Waals surface area contributed by atoms with Gasteiger partial charge in [-0.05, 0) is 19.8 Å². The second kappa shape index (κ2) is 8.26. The topological polar surface area (TPSA) is 63.6 Å². The number of hydrogen-bond donors (Lipinski definition) is 1. The Morgan fingerprint density at radius 1 is 1.27 bits per heavy atom. The fraction of sp³-hybridized carbons (Fsp3) is 0.818. The van der Waals surface area contributed by atoms with Crippen LogP contribution in [0.3, 0.4) is 0 Å². The molecule has 88 valence electrons. The van der Waals surface area contributed by atoms with Gasteiger partial charge in [0.1, 0.15) is 0 Å². The number of hydrogen-bond acceptors (Lipinski definition) is 3. The van der Waals surface area contributed by atoms with Crippen molar-refractivity contribution in [2.75, 3.05) is 0 Å². The third-order valence-corrected chi connectivity index (χ3v) is 2.07. The van der Waals surface area contributed by atoms with Gasteiger partial charge in [0.15, 0.2) is 0 Å². The SMILES string of the molecule is CCCCC(C)OC(=O)CCCC(=O)O. The zero-order valence-corrected chi connectivity index (χ0v) is 9.49. The first-order chi connectivity index (χ1) is 7.06. The summed E-state index contributed by atoms with van der Waals surface area (Å²) in [6.07, 6.45) is 3.53. The summed E-state index contributed by atoms with van der Waals surface area (Å²) in [4.78, 5) is 21.4. The molecule has 1 unspecified atom stereocenters. The van der Waals surface area contributed by atoms with Crippen molar-refractivity contribution < 1.29 is 19.4 Å². The molecule has 0 saturated heterocycles. The highest BCUT2D eigenvalue weighted by molar-refractivity contribution is 5.71. The van der Waals surface area contributed by atoms with E-state index < -0.39 is 5.97 Å². The summed E-state index contributed by atoms with van der Waals surface area (Å²) in [5, 5.41) is 8.37. The summed E-state index contributed by atoms with van der Waals surface area (Å²) in [6.45, 7) is 3.95. The molecule has 0 amide bonds.